The number of fused-ring (bicyclic) bond motifs is 1. The van der Waals surface area contributed by atoms with Crippen LogP contribution >= 0.6 is 34.8 Å². The molecule has 0 N–H and O–H groups in total. The van der Waals surface area contributed by atoms with Crippen LogP contribution in [0.15, 0.2) is 78.9 Å². The molecule has 0 fully saturated rings. The maximum Gasteiger partial charge on any atom is 0.417 e. The molecule has 0 saturated heterocycles. The lowest BCUT2D eigenvalue weighted by atomic mass is 10.0. The topological polar surface area (TPSA) is 30.7 Å². The Kier molecular flexibility index (Phi) is 5.76. The minimum Gasteiger partial charge on any atom is -0.228 e. The van der Waals surface area contributed by atoms with E-state index < -0.39 is 11.7 Å². The molecule has 170 valence electrons. The molecule has 0 radical (unpaired) electrons. The van der Waals surface area contributed by atoms with Gasteiger partial charge >= 0.3 is 6.18 Å². The third kappa shape index (κ3) is 4.25. The van der Waals surface area contributed by atoms with Crippen molar-refractivity contribution in [2.75, 3.05) is 0 Å². The summed E-state index contributed by atoms with van der Waals surface area (Å²) in [6.45, 7) is 0. The summed E-state index contributed by atoms with van der Waals surface area (Å²) in [5.41, 5.74) is 0.918. The van der Waals surface area contributed by atoms with E-state index in [-0.39, 0.29) is 22.4 Å². The van der Waals surface area contributed by atoms with Crippen molar-refractivity contribution in [2.45, 2.75) is 6.18 Å². The Balaban J connectivity index is 1.89. The smallest absolute Gasteiger partial charge is 0.228 e. The normalized spacial score (nSPS) is 11.8. The van der Waals surface area contributed by atoms with E-state index in [1.54, 1.807) is 72.8 Å². The molecular formula is C25H13Cl3F3N3. The molecule has 0 unspecified atom stereocenters. The Morgan fingerprint density at radius 2 is 1.32 bits per heavy atom. The highest BCUT2D eigenvalue weighted by molar-refractivity contribution is 6.31. The number of halogens is 6. The Bertz CT molecular complexity index is 1510. The molecule has 0 atom stereocenters. The fourth-order valence-electron chi connectivity index (χ4n) is 3.71. The minimum atomic E-state index is -4.66. The van der Waals surface area contributed by atoms with Crippen molar-refractivity contribution < 1.29 is 13.2 Å². The lowest BCUT2D eigenvalue weighted by Gasteiger charge is -2.12. The van der Waals surface area contributed by atoms with Crippen LogP contribution in [0.5, 0.6) is 0 Å². The zero-order valence-electron chi connectivity index (χ0n) is 17.1. The number of alkyl halides is 3. The molecule has 5 rings (SSSR count). The molecule has 2 aromatic heterocycles. The number of aromatic nitrogens is 3. The van der Waals surface area contributed by atoms with E-state index in [1.165, 1.54) is 4.68 Å². The largest absolute Gasteiger partial charge is 0.417 e. The minimum absolute atomic E-state index is 0.0481. The van der Waals surface area contributed by atoms with Gasteiger partial charge in [0.25, 0.3) is 0 Å². The highest BCUT2D eigenvalue weighted by Gasteiger charge is 2.36. The first kappa shape index (κ1) is 22.7. The van der Waals surface area contributed by atoms with Crippen molar-refractivity contribution in [3.05, 3.63) is 99.5 Å². The first-order valence-corrected chi connectivity index (χ1v) is 11.1. The number of rotatable bonds is 3. The number of pyridine rings is 1. The monoisotopic (exact) mass is 517 g/mol. The van der Waals surface area contributed by atoms with Gasteiger partial charge in [-0.25, -0.2) is 9.67 Å². The second kappa shape index (κ2) is 8.62. The SMILES string of the molecule is FC(F)(F)c1cc(-c2ccc(Cl)cc2)nc2c1c(-c1ccc(Cl)cc1)nn2-c1cccc(Cl)c1. The van der Waals surface area contributed by atoms with Gasteiger partial charge in [-0.1, -0.05) is 65.1 Å². The molecule has 0 aliphatic carbocycles. The van der Waals surface area contributed by atoms with Crippen LogP contribution in [0.25, 0.3) is 39.2 Å². The Morgan fingerprint density at radius 3 is 1.91 bits per heavy atom. The highest BCUT2D eigenvalue weighted by atomic mass is 35.5. The van der Waals surface area contributed by atoms with Crippen LogP contribution in [0.2, 0.25) is 15.1 Å². The molecule has 3 aromatic carbocycles. The standard InChI is InChI=1S/C25H13Cl3F3N3/c26-16-8-4-14(5-9-16)21-13-20(25(29,30)31)22-23(15-6-10-17(27)11-7-15)33-34(24(22)32-21)19-3-1-2-18(28)12-19/h1-13H. The summed E-state index contributed by atoms with van der Waals surface area (Å²) >= 11 is 18.1. The van der Waals surface area contributed by atoms with Crippen molar-refractivity contribution in [1.82, 2.24) is 14.8 Å². The van der Waals surface area contributed by atoms with Crippen molar-refractivity contribution in [3.63, 3.8) is 0 Å². The van der Waals surface area contributed by atoms with Crippen LogP contribution in [-0.2, 0) is 6.18 Å². The van der Waals surface area contributed by atoms with Crippen LogP contribution in [-0.4, -0.2) is 14.8 Å². The van der Waals surface area contributed by atoms with Crippen LogP contribution < -0.4 is 0 Å². The molecule has 0 spiro atoms. The molecule has 3 nitrogen and oxygen atoms in total. The van der Waals surface area contributed by atoms with Gasteiger partial charge in [0.05, 0.1) is 22.3 Å². The van der Waals surface area contributed by atoms with Gasteiger partial charge in [0.1, 0.15) is 5.69 Å². The summed E-state index contributed by atoms with van der Waals surface area (Å²) < 4.78 is 44.5. The number of hydrogen-bond donors (Lipinski definition) is 0. The van der Waals surface area contributed by atoms with Crippen LogP contribution in [0.3, 0.4) is 0 Å². The molecule has 9 heteroatoms. The molecule has 0 saturated carbocycles. The van der Waals surface area contributed by atoms with Crippen molar-refractivity contribution in [1.29, 1.82) is 0 Å². The molecule has 0 bridgehead atoms. The second-order valence-corrected chi connectivity index (χ2v) is 8.81. The van der Waals surface area contributed by atoms with Crippen molar-refractivity contribution >= 4 is 45.8 Å². The van der Waals surface area contributed by atoms with Gasteiger partial charge in [-0.15, -0.1) is 0 Å². The zero-order chi connectivity index (χ0) is 24.0. The van der Waals surface area contributed by atoms with Gasteiger partial charge in [0.15, 0.2) is 5.65 Å². The number of nitrogens with zero attached hydrogens (tertiary/aromatic N) is 3. The average molecular weight is 519 g/mol. The molecule has 0 amide bonds. The first-order chi connectivity index (χ1) is 16.2. The fourth-order valence-corrected chi connectivity index (χ4v) is 4.14. The van der Waals surface area contributed by atoms with Gasteiger partial charge in [-0.05, 0) is 48.5 Å². The fraction of sp³-hybridized carbons (Fsp3) is 0.0400. The van der Waals surface area contributed by atoms with E-state index in [4.69, 9.17) is 34.8 Å². The van der Waals surface area contributed by atoms with E-state index in [2.05, 4.69) is 10.1 Å². The van der Waals surface area contributed by atoms with Crippen LogP contribution in [0.1, 0.15) is 5.56 Å². The predicted octanol–water partition coefficient (Wildman–Crippen LogP) is 8.73. The quantitative estimate of drug-likeness (QED) is 0.239. The van der Waals surface area contributed by atoms with E-state index in [0.717, 1.165) is 6.07 Å². The maximum atomic E-state index is 14.4. The lowest BCUT2D eigenvalue weighted by Crippen LogP contribution is -2.08. The number of hydrogen-bond acceptors (Lipinski definition) is 2. The summed E-state index contributed by atoms with van der Waals surface area (Å²) in [5.74, 6) is 0. The van der Waals surface area contributed by atoms with E-state index >= 15 is 0 Å². The highest BCUT2D eigenvalue weighted by Crippen LogP contribution is 2.42. The van der Waals surface area contributed by atoms with Gasteiger partial charge < -0.3 is 0 Å². The summed E-state index contributed by atoms with van der Waals surface area (Å²) in [4.78, 5) is 4.61. The van der Waals surface area contributed by atoms with E-state index in [9.17, 15) is 13.2 Å². The summed E-state index contributed by atoms with van der Waals surface area (Å²) in [6, 6.07) is 20.6. The molecule has 2 heterocycles. The van der Waals surface area contributed by atoms with Gasteiger partial charge in [0.2, 0.25) is 0 Å². The van der Waals surface area contributed by atoms with Crippen LogP contribution in [0.4, 0.5) is 13.2 Å². The van der Waals surface area contributed by atoms with Crippen molar-refractivity contribution in [3.8, 4) is 28.2 Å². The van der Waals surface area contributed by atoms with Crippen LogP contribution in [0, 0.1) is 0 Å². The summed E-state index contributed by atoms with van der Waals surface area (Å²) in [7, 11) is 0. The molecule has 0 aliphatic heterocycles. The molecular weight excluding hydrogens is 506 g/mol. The Morgan fingerprint density at radius 1 is 0.706 bits per heavy atom. The maximum absolute atomic E-state index is 14.4. The van der Waals surface area contributed by atoms with Gasteiger partial charge in [0, 0.05) is 26.2 Å². The molecule has 0 aliphatic rings. The second-order valence-electron chi connectivity index (χ2n) is 7.51. The molecule has 34 heavy (non-hydrogen) atoms. The Labute approximate surface area is 207 Å². The number of benzene rings is 3. The summed E-state index contributed by atoms with van der Waals surface area (Å²) in [5, 5.41) is 5.78. The van der Waals surface area contributed by atoms with Gasteiger partial charge in [-0.2, -0.15) is 18.3 Å². The summed E-state index contributed by atoms with van der Waals surface area (Å²) in [6.07, 6.45) is -4.66. The van der Waals surface area contributed by atoms with E-state index in [1.807, 2.05) is 0 Å². The first-order valence-electron chi connectivity index (χ1n) is 9.99. The Hall–Kier alpha value is -3.06. The third-order valence-corrected chi connectivity index (χ3v) is 5.99. The average Bonchev–Trinajstić information content (AvgIpc) is 3.18. The van der Waals surface area contributed by atoms with E-state index in [0.29, 0.717) is 31.9 Å². The van der Waals surface area contributed by atoms with Crippen molar-refractivity contribution in [2.24, 2.45) is 0 Å². The third-order valence-electron chi connectivity index (χ3n) is 5.25. The predicted molar refractivity (Wildman–Crippen MR) is 130 cm³/mol. The zero-order valence-corrected chi connectivity index (χ0v) is 19.4. The molecule has 5 aromatic rings. The van der Waals surface area contributed by atoms with Gasteiger partial charge in [-0.3, -0.25) is 0 Å². The lowest BCUT2D eigenvalue weighted by molar-refractivity contribution is -0.136.